The van der Waals surface area contributed by atoms with Crippen molar-refractivity contribution in [3.63, 3.8) is 0 Å². The van der Waals surface area contributed by atoms with E-state index in [4.69, 9.17) is 9.47 Å². The summed E-state index contributed by atoms with van der Waals surface area (Å²) in [6.45, 7) is 3.81. The molecule has 1 aliphatic heterocycles. The van der Waals surface area contributed by atoms with Crippen molar-refractivity contribution in [2.75, 3.05) is 31.0 Å². The van der Waals surface area contributed by atoms with Crippen molar-refractivity contribution in [3.05, 3.63) is 78.9 Å². The fraction of sp³-hybridized carbons (Fsp3) is 0.240. The number of morpholine rings is 1. The minimum atomic E-state index is -3.81. The van der Waals surface area contributed by atoms with E-state index in [9.17, 15) is 13.2 Å². The van der Waals surface area contributed by atoms with E-state index in [0.717, 1.165) is 9.79 Å². The van der Waals surface area contributed by atoms with Crippen LogP contribution in [0, 0.1) is 0 Å². The highest BCUT2D eigenvalue weighted by molar-refractivity contribution is 7.99. The van der Waals surface area contributed by atoms with E-state index < -0.39 is 16.1 Å². The Hall–Kier alpha value is -3.01. The van der Waals surface area contributed by atoms with Crippen LogP contribution in [0.1, 0.15) is 6.92 Å². The molecule has 178 valence electrons. The number of carbonyl (C=O) groups excluding carboxylic acids is 1. The van der Waals surface area contributed by atoms with Crippen LogP contribution in [-0.4, -0.2) is 51.6 Å². The van der Waals surface area contributed by atoms with Crippen LogP contribution in [0.2, 0.25) is 0 Å². The third-order valence-electron chi connectivity index (χ3n) is 5.22. The van der Waals surface area contributed by atoms with Gasteiger partial charge in [0, 0.05) is 22.9 Å². The van der Waals surface area contributed by atoms with E-state index in [0.29, 0.717) is 37.7 Å². The molecular weight excluding hydrogens is 472 g/mol. The summed E-state index contributed by atoms with van der Waals surface area (Å²) in [6.07, 6.45) is -0.680. The number of amides is 1. The quantitative estimate of drug-likeness (QED) is 0.500. The minimum Gasteiger partial charge on any atom is -0.481 e. The number of nitrogens with zero attached hydrogens (tertiary/aromatic N) is 1. The first kappa shape index (κ1) is 24.1. The number of ether oxygens (including phenoxy) is 2. The first-order valence-corrected chi connectivity index (χ1v) is 13.2. The zero-order valence-electron chi connectivity index (χ0n) is 18.7. The van der Waals surface area contributed by atoms with E-state index >= 15 is 0 Å². The van der Waals surface area contributed by atoms with Gasteiger partial charge in [-0.25, -0.2) is 8.42 Å². The van der Waals surface area contributed by atoms with Crippen molar-refractivity contribution in [2.24, 2.45) is 0 Å². The van der Waals surface area contributed by atoms with Crippen LogP contribution in [0.15, 0.2) is 93.5 Å². The Kier molecular flexibility index (Phi) is 7.77. The molecule has 0 spiro atoms. The summed E-state index contributed by atoms with van der Waals surface area (Å²) in [5.41, 5.74) is 0.501. The molecule has 7 nitrogen and oxygen atoms in total. The maximum Gasteiger partial charge on any atom is 0.263 e. The van der Waals surface area contributed by atoms with Crippen LogP contribution in [0.25, 0.3) is 0 Å². The summed E-state index contributed by atoms with van der Waals surface area (Å²) < 4.78 is 39.7. The number of para-hydroxylation sites is 1. The molecule has 34 heavy (non-hydrogen) atoms. The molecule has 1 aliphatic rings. The van der Waals surface area contributed by atoms with Gasteiger partial charge in [0.2, 0.25) is 0 Å². The zero-order valence-corrected chi connectivity index (χ0v) is 20.3. The Morgan fingerprint density at radius 3 is 2.32 bits per heavy atom. The van der Waals surface area contributed by atoms with Gasteiger partial charge in [-0.05, 0) is 55.5 Å². The number of carbonyl (C=O) groups is 1. The standard InChI is InChI=1S/C25H26N2O5S2/c1-19(25(28)27-15-17-31-18-16-27)32-20-11-13-22(14-12-20)34(29,30)26-23-9-5-6-10-24(23)33-21-7-3-2-4-8-21/h2-14,19,26H,15-18H2,1H3/t19-/m1/s1. The number of rotatable bonds is 8. The Morgan fingerprint density at radius 1 is 0.971 bits per heavy atom. The van der Waals surface area contributed by atoms with Gasteiger partial charge in [-0.1, -0.05) is 42.1 Å². The molecule has 0 saturated carbocycles. The lowest BCUT2D eigenvalue weighted by Crippen LogP contribution is -2.46. The summed E-state index contributed by atoms with van der Waals surface area (Å²) in [7, 11) is -3.81. The van der Waals surface area contributed by atoms with Gasteiger partial charge in [0.15, 0.2) is 6.10 Å². The highest BCUT2D eigenvalue weighted by Gasteiger charge is 2.24. The molecule has 3 aromatic carbocycles. The second-order valence-electron chi connectivity index (χ2n) is 7.69. The predicted octanol–water partition coefficient (Wildman–Crippen LogP) is 4.26. The molecule has 4 rings (SSSR count). The Balaban J connectivity index is 1.43. The highest BCUT2D eigenvalue weighted by Crippen LogP contribution is 2.34. The highest BCUT2D eigenvalue weighted by atomic mass is 32.2. The van der Waals surface area contributed by atoms with Gasteiger partial charge in [-0.2, -0.15) is 0 Å². The van der Waals surface area contributed by atoms with E-state index in [1.165, 1.54) is 23.9 Å². The number of hydrogen-bond acceptors (Lipinski definition) is 6. The Morgan fingerprint density at radius 2 is 1.62 bits per heavy atom. The third kappa shape index (κ3) is 6.11. The molecule has 0 aromatic heterocycles. The van der Waals surface area contributed by atoms with E-state index in [2.05, 4.69) is 4.72 Å². The summed E-state index contributed by atoms with van der Waals surface area (Å²) in [5, 5.41) is 0. The van der Waals surface area contributed by atoms with Crippen molar-refractivity contribution in [1.29, 1.82) is 0 Å². The molecule has 1 N–H and O–H groups in total. The van der Waals surface area contributed by atoms with Crippen molar-refractivity contribution in [3.8, 4) is 5.75 Å². The monoisotopic (exact) mass is 498 g/mol. The fourth-order valence-corrected chi connectivity index (χ4v) is 5.52. The maximum atomic E-state index is 13.0. The Bertz CT molecular complexity index is 1210. The summed E-state index contributed by atoms with van der Waals surface area (Å²) in [5.74, 6) is 0.308. The molecule has 1 heterocycles. The largest absolute Gasteiger partial charge is 0.481 e. The molecule has 3 aromatic rings. The van der Waals surface area contributed by atoms with Crippen molar-refractivity contribution in [1.82, 2.24) is 4.90 Å². The van der Waals surface area contributed by atoms with Crippen LogP contribution < -0.4 is 9.46 Å². The third-order valence-corrected chi connectivity index (χ3v) is 7.69. The average molecular weight is 499 g/mol. The number of hydrogen-bond donors (Lipinski definition) is 1. The molecular formula is C25H26N2O5S2. The van der Waals surface area contributed by atoms with Gasteiger partial charge in [-0.15, -0.1) is 0 Å². The van der Waals surface area contributed by atoms with Gasteiger partial charge in [0.25, 0.3) is 15.9 Å². The fourth-order valence-electron chi connectivity index (χ4n) is 3.45. The molecule has 1 amide bonds. The van der Waals surface area contributed by atoms with Crippen LogP contribution in [0.5, 0.6) is 5.75 Å². The second kappa shape index (κ2) is 10.9. The zero-order chi connectivity index (χ0) is 24.0. The van der Waals surface area contributed by atoms with Gasteiger partial charge >= 0.3 is 0 Å². The van der Waals surface area contributed by atoms with E-state index in [1.54, 1.807) is 36.1 Å². The van der Waals surface area contributed by atoms with Crippen LogP contribution >= 0.6 is 11.8 Å². The molecule has 1 saturated heterocycles. The molecule has 9 heteroatoms. The summed E-state index contributed by atoms with van der Waals surface area (Å²) >= 11 is 1.48. The van der Waals surface area contributed by atoms with Crippen LogP contribution in [-0.2, 0) is 19.6 Å². The number of benzene rings is 3. The Labute approximate surface area is 204 Å². The van der Waals surface area contributed by atoms with Gasteiger partial charge in [-0.3, -0.25) is 9.52 Å². The minimum absolute atomic E-state index is 0.103. The molecule has 0 aliphatic carbocycles. The maximum absolute atomic E-state index is 13.0. The van der Waals surface area contributed by atoms with Crippen molar-refractivity contribution in [2.45, 2.75) is 27.7 Å². The number of anilines is 1. The second-order valence-corrected chi connectivity index (χ2v) is 10.5. The van der Waals surface area contributed by atoms with Crippen LogP contribution in [0.3, 0.4) is 0 Å². The topological polar surface area (TPSA) is 84.9 Å². The van der Waals surface area contributed by atoms with Crippen molar-refractivity contribution >= 4 is 33.4 Å². The van der Waals surface area contributed by atoms with Gasteiger partial charge < -0.3 is 14.4 Å². The molecule has 0 radical (unpaired) electrons. The molecule has 0 bridgehead atoms. The van der Waals surface area contributed by atoms with Crippen LogP contribution in [0.4, 0.5) is 5.69 Å². The van der Waals surface area contributed by atoms with E-state index in [1.807, 2.05) is 42.5 Å². The smallest absolute Gasteiger partial charge is 0.263 e. The molecule has 1 atom stereocenters. The summed E-state index contributed by atoms with van der Waals surface area (Å²) in [6, 6.07) is 23.1. The van der Waals surface area contributed by atoms with Gasteiger partial charge in [0.1, 0.15) is 5.75 Å². The lowest BCUT2D eigenvalue weighted by Gasteiger charge is -2.29. The van der Waals surface area contributed by atoms with Gasteiger partial charge in [0.05, 0.1) is 23.8 Å². The summed E-state index contributed by atoms with van der Waals surface area (Å²) in [4.78, 5) is 16.2. The SMILES string of the molecule is C[C@@H](Oc1ccc(S(=O)(=O)Nc2ccccc2Sc2ccccc2)cc1)C(=O)N1CCOCC1. The number of sulfonamides is 1. The molecule has 1 fully saturated rings. The van der Waals surface area contributed by atoms with E-state index in [-0.39, 0.29) is 10.8 Å². The van der Waals surface area contributed by atoms with Crippen molar-refractivity contribution < 1.29 is 22.7 Å². The number of nitrogens with one attached hydrogen (secondary N) is 1. The first-order chi connectivity index (χ1) is 16.4. The lowest BCUT2D eigenvalue weighted by molar-refractivity contribution is -0.142. The molecule has 0 unspecified atom stereocenters. The first-order valence-electron chi connectivity index (χ1n) is 10.9. The predicted molar refractivity (Wildman–Crippen MR) is 132 cm³/mol. The normalized spacial score (nSPS) is 14.9. The lowest BCUT2D eigenvalue weighted by atomic mass is 10.3. The average Bonchev–Trinajstić information content (AvgIpc) is 2.86.